The number of para-hydroxylation sites is 1. The van der Waals surface area contributed by atoms with Gasteiger partial charge in [0.15, 0.2) is 0 Å². The molecule has 20 heavy (non-hydrogen) atoms. The Balaban J connectivity index is 1.46. The van der Waals surface area contributed by atoms with Crippen molar-refractivity contribution in [2.45, 2.75) is 12.8 Å². The number of piperazine rings is 1. The normalized spacial score (nSPS) is 24.2. The zero-order valence-corrected chi connectivity index (χ0v) is 12.0. The fraction of sp³-hybridized carbons (Fsp3) is 0.625. The third-order valence-electron chi connectivity index (χ3n) is 4.58. The summed E-state index contributed by atoms with van der Waals surface area (Å²) in [6.45, 7) is 7.54. The maximum Gasteiger partial charge on any atom is 0.146 e. The molecule has 110 valence electrons. The fourth-order valence-electron chi connectivity index (χ4n) is 3.25. The van der Waals surface area contributed by atoms with Crippen LogP contribution in [0.15, 0.2) is 24.3 Å². The van der Waals surface area contributed by atoms with Crippen molar-refractivity contribution in [3.05, 3.63) is 30.1 Å². The minimum Gasteiger partial charge on any atom is -0.367 e. The first-order valence-corrected chi connectivity index (χ1v) is 7.75. The van der Waals surface area contributed by atoms with Crippen LogP contribution in [0.25, 0.3) is 0 Å². The molecule has 0 aromatic heterocycles. The Morgan fingerprint density at radius 3 is 2.65 bits per heavy atom. The molecular weight excluding hydrogens is 253 g/mol. The molecule has 2 fully saturated rings. The van der Waals surface area contributed by atoms with Gasteiger partial charge in [0.25, 0.3) is 0 Å². The minimum atomic E-state index is -0.0991. The Kier molecular flexibility index (Phi) is 4.53. The monoisotopic (exact) mass is 277 g/mol. The van der Waals surface area contributed by atoms with Crippen LogP contribution in [0.2, 0.25) is 0 Å². The second-order valence-electron chi connectivity index (χ2n) is 5.93. The van der Waals surface area contributed by atoms with Crippen LogP contribution in [0, 0.1) is 11.7 Å². The molecule has 0 bridgehead atoms. The van der Waals surface area contributed by atoms with Crippen LogP contribution < -0.4 is 10.2 Å². The lowest BCUT2D eigenvalue weighted by Gasteiger charge is -2.36. The molecule has 0 spiro atoms. The Labute approximate surface area is 120 Å². The molecule has 2 aliphatic heterocycles. The molecule has 3 rings (SSSR count). The maximum absolute atomic E-state index is 13.8. The fourth-order valence-corrected chi connectivity index (χ4v) is 3.25. The Hall–Kier alpha value is -1.13. The van der Waals surface area contributed by atoms with Gasteiger partial charge in [0.2, 0.25) is 0 Å². The summed E-state index contributed by atoms with van der Waals surface area (Å²) in [7, 11) is 0. The second kappa shape index (κ2) is 6.55. The molecule has 3 nitrogen and oxygen atoms in total. The van der Waals surface area contributed by atoms with E-state index in [9.17, 15) is 4.39 Å². The topological polar surface area (TPSA) is 18.5 Å². The van der Waals surface area contributed by atoms with E-state index >= 15 is 0 Å². The number of rotatable bonds is 4. The van der Waals surface area contributed by atoms with Crippen molar-refractivity contribution in [1.82, 2.24) is 10.2 Å². The summed E-state index contributed by atoms with van der Waals surface area (Å²) in [6, 6.07) is 7.10. The zero-order valence-electron chi connectivity index (χ0n) is 12.0. The van der Waals surface area contributed by atoms with Crippen LogP contribution in [0.4, 0.5) is 10.1 Å². The van der Waals surface area contributed by atoms with Crippen LogP contribution in [-0.2, 0) is 0 Å². The van der Waals surface area contributed by atoms with Gasteiger partial charge >= 0.3 is 0 Å². The molecule has 0 aliphatic carbocycles. The summed E-state index contributed by atoms with van der Waals surface area (Å²) in [5, 5.41) is 3.43. The van der Waals surface area contributed by atoms with Gasteiger partial charge in [0.05, 0.1) is 5.69 Å². The highest BCUT2D eigenvalue weighted by Crippen LogP contribution is 2.20. The number of hydrogen-bond donors (Lipinski definition) is 1. The summed E-state index contributed by atoms with van der Waals surface area (Å²) >= 11 is 0. The van der Waals surface area contributed by atoms with Crippen LogP contribution >= 0.6 is 0 Å². The number of nitrogens with one attached hydrogen (secondary N) is 1. The number of halogens is 1. The molecule has 0 radical (unpaired) electrons. The molecule has 1 unspecified atom stereocenters. The molecule has 2 saturated heterocycles. The van der Waals surface area contributed by atoms with Crippen LogP contribution in [-0.4, -0.2) is 50.7 Å². The largest absolute Gasteiger partial charge is 0.367 e. The molecule has 2 aliphatic rings. The van der Waals surface area contributed by atoms with Crippen molar-refractivity contribution < 1.29 is 4.39 Å². The van der Waals surface area contributed by atoms with E-state index in [1.54, 1.807) is 12.1 Å². The third kappa shape index (κ3) is 3.30. The van der Waals surface area contributed by atoms with Crippen molar-refractivity contribution in [2.24, 2.45) is 5.92 Å². The number of benzene rings is 1. The van der Waals surface area contributed by atoms with Gasteiger partial charge in [-0.25, -0.2) is 4.39 Å². The first-order valence-electron chi connectivity index (χ1n) is 7.75. The third-order valence-corrected chi connectivity index (χ3v) is 4.58. The first kappa shape index (κ1) is 13.8. The van der Waals surface area contributed by atoms with E-state index in [2.05, 4.69) is 15.1 Å². The van der Waals surface area contributed by atoms with Gasteiger partial charge in [-0.3, -0.25) is 4.90 Å². The predicted octanol–water partition coefficient (Wildman–Crippen LogP) is 1.95. The van der Waals surface area contributed by atoms with Crippen LogP contribution in [0.5, 0.6) is 0 Å². The predicted molar refractivity (Wildman–Crippen MR) is 80.6 cm³/mol. The summed E-state index contributed by atoms with van der Waals surface area (Å²) in [4.78, 5) is 4.69. The van der Waals surface area contributed by atoms with E-state index in [1.165, 1.54) is 32.5 Å². The van der Waals surface area contributed by atoms with Gasteiger partial charge in [0.1, 0.15) is 5.82 Å². The molecule has 1 aromatic carbocycles. The van der Waals surface area contributed by atoms with Gasteiger partial charge in [0, 0.05) is 26.2 Å². The van der Waals surface area contributed by atoms with Crippen molar-refractivity contribution in [3.63, 3.8) is 0 Å². The molecule has 1 aromatic rings. The van der Waals surface area contributed by atoms with Gasteiger partial charge in [-0.2, -0.15) is 0 Å². The van der Waals surface area contributed by atoms with Crippen molar-refractivity contribution in [3.8, 4) is 0 Å². The minimum absolute atomic E-state index is 0.0991. The van der Waals surface area contributed by atoms with Gasteiger partial charge in [-0.05, 0) is 50.5 Å². The highest BCUT2D eigenvalue weighted by atomic mass is 19.1. The van der Waals surface area contributed by atoms with Gasteiger partial charge < -0.3 is 10.2 Å². The molecular formula is C16H24FN3. The van der Waals surface area contributed by atoms with Crippen LogP contribution in [0.1, 0.15) is 12.8 Å². The quantitative estimate of drug-likeness (QED) is 0.907. The SMILES string of the molecule is Fc1ccccc1N1CCN(CCC2CCNC2)CC1. The number of nitrogens with zero attached hydrogens (tertiary/aromatic N) is 2. The lowest BCUT2D eigenvalue weighted by atomic mass is 10.0. The van der Waals surface area contributed by atoms with Gasteiger partial charge in [-0.1, -0.05) is 12.1 Å². The standard InChI is InChI=1S/C16H24FN3/c17-15-3-1-2-4-16(15)20-11-9-19(10-12-20)8-6-14-5-7-18-13-14/h1-4,14,18H,5-13H2. The lowest BCUT2D eigenvalue weighted by Crippen LogP contribution is -2.47. The number of anilines is 1. The molecule has 1 atom stereocenters. The average Bonchev–Trinajstić information content (AvgIpc) is 3.00. The van der Waals surface area contributed by atoms with E-state index in [-0.39, 0.29) is 5.82 Å². The lowest BCUT2D eigenvalue weighted by molar-refractivity contribution is 0.240. The summed E-state index contributed by atoms with van der Waals surface area (Å²) in [5.41, 5.74) is 0.757. The smallest absolute Gasteiger partial charge is 0.146 e. The van der Waals surface area contributed by atoms with Crippen molar-refractivity contribution in [2.75, 3.05) is 50.7 Å². The summed E-state index contributed by atoms with van der Waals surface area (Å²) in [5.74, 6) is 0.762. The highest BCUT2D eigenvalue weighted by molar-refractivity contribution is 5.47. The first-order chi connectivity index (χ1) is 9.83. The Bertz CT molecular complexity index is 423. The highest BCUT2D eigenvalue weighted by Gasteiger charge is 2.21. The Morgan fingerprint density at radius 1 is 1.15 bits per heavy atom. The zero-order chi connectivity index (χ0) is 13.8. The van der Waals surface area contributed by atoms with E-state index in [1.807, 2.05) is 12.1 Å². The van der Waals surface area contributed by atoms with E-state index in [4.69, 9.17) is 0 Å². The van der Waals surface area contributed by atoms with Crippen molar-refractivity contribution in [1.29, 1.82) is 0 Å². The maximum atomic E-state index is 13.8. The molecule has 4 heteroatoms. The van der Waals surface area contributed by atoms with Crippen LogP contribution in [0.3, 0.4) is 0 Å². The van der Waals surface area contributed by atoms with E-state index in [0.717, 1.165) is 37.8 Å². The molecule has 1 N–H and O–H groups in total. The average molecular weight is 277 g/mol. The van der Waals surface area contributed by atoms with Crippen molar-refractivity contribution >= 4 is 5.69 Å². The van der Waals surface area contributed by atoms with Gasteiger partial charge in [-0.15, -0.1) is 0 Å². The number of hydrogen-bond acceptors (Lipinski definition) is 3. The molecule has 2 heterocycles. The summed E-state index contributed by atoms with van der Waals surface area (Å²) in [6.07, 6.45) is 2.63. The molecule has 0 amide bonds. The Morgan fingerprint density at radius 2 is 1.95 bits per heavy atom. The summed E-state index contributed by atoms with van der Waals surface area (Å²) < 4.78 is 13.8. The molecule has 0 saturated carbocycles. The second-order valence-corrected chi connectivity index (χ2v) is 5.93. The van der Waals surface area contributed by atoms with E-state index in [0.29, 0.717) is 0 Å². The van der Waals surface area contributed by atoms with E-state index < -0.39 is 0 Å².